The monoisotopic (exact) mass is 444 g/mol. The number of hydrogen-bond acceptors (Lipinski definition) is 5. The molecule has 1 fully saturated rings. The minimum Gasteiger partial charge on any atom is -0.504 e. The number of carbonyl (C=O) groups is 1. The van der Waals surface area contributed by atoms with E-state index < -0.39 is 0 Å². The Labute approximate surface area is 193 Å². The largest absolute Gasteiger partial charge is 0.504 e. The highest BCUT2D eigenvalue weighted by Gasteiger charge is 2.30. The normalized spacial score (nSPS) is 15.4. The number of nitrogens with one attached hydrogen (secondary N) is 1. The first-order valence-electron chi connectivity index (χ1n) is 11.1. The summed E-state index contributed by atoms with van der Waals surface area (Å²) in [4.78, 5) is 13.8. The van der Waals surface area contributed by atoms with Gasteiger partial charge in [0, 0.05) is 36.1 Å². The second-order valence-electron chi connectivity index (χ2n) is 8.07. The Bertz CT molecular complexity index is 1170. The Morgan fingerprint density at radius 2 is 2.03 bits per heavy atom. The van der Waals surface area contributed by atoms with Gasteiger partial charge in [0.05, 0.1) is 6.04 Å². The first kappa shape index (κ1) is 22.3. The van der Waals surface area contributed by atoms with Gasteiger partial charge in [-0.25, -0.2) is 0 Å². The van der Waals surface area contributed by atoms with Gasteiger partial charge in [0.2, 0.25) is 5.91 Å². The van der Waals surface area contributed by atoms with E-state index in [0.717, 1.165) is 41.8 Å². The SMILES string of the molecule is C=CC(=O)N1CCC(n2nc(-c3ccc(Oc4ccccc4O)cc3)c(C=N)c2CCC)C1. The van der Waals surface area contributed by atoms with E-state index in [1.165, 1.54) is 12.3 Å². The van der Waals surface area contributed by atoms with Gasteiger partial charge in [0.15, 0.2) is 11.5 Å². The van der Waals surface area contributed by atoms with Gasteiger partial charge < -0.3 is 20.2 Å². The third-order valence-corrected chi connectivity index (χ3v) is 5.90. The molecule has 1 unspecified atom stereocenters. The van der Waals surface area contributed by atoms with Crippen LogP contribution in [0.2, 0.25) is 0 Å². The van der Waals surface area contributed by atoms with Gasteiger partial charge in [-0.3, -0.25) is 9.48 Å². The summed E-state index contributed by atoms with van der Waals surface area (Å²) >= 11 is 0. The van der Waals surface area contributed by atoms with Gasteiger partial charge in [-0.2, -0.15) is 5.10 Å². The maximum atomic E-state index is 12.0. The highest BCUT2D eigenvalue weighted by molar-refractivity contribution is 5.89. The van der Waals surface area contributed by atoms with Crippen LogP contribution in [0.4, 0.5) is 0 Å². The number of phenols is 1. The molecule has 33 heavy (non-hydrogen) atoms. The standard InChI is InChI=1S/C26H28N4O3/c1-3-7-22-21(16-27)26(28-30(22)19-14-15-29(17-19)25(32)4-2)18-10-12-20(13-11-18)33-24-9-6-5-8-23(24)31/h4-6,8-13,16,19,27,31H,2-3,7,14-15,17H2,1H3. The van der Waals surface area contributed by atoms with Crippen LogP contribution in [0.3, 0.4) is 0 Å². The van der Waals surface area contributed by atoms with Crippen LogP contribution < -0.4 is 4.74 Å². The van der Waals surface area contributed by atoms with Crippen molar-refractivity contribution in [3.63, 3.8) is 0 Å². The first-order chi connectivity index (χ1) is 16.0. The molecule has 2 N–H and O–H groups in total. The number of likely N-dealkylation sites (tertiary alicyclic amines) is 1. The van der Waals surface area contributed by atoms with Crippen molar-refractivity contribution in [1.29, 1.82) is 5.41 Å². The molecular weight excluding hydrogens is 416 g/mol. The summed E-state index contributed by atoms with van der Waals surface area (Å²) in [5.41, 5.74) is 3.46. The van der Waals surface area contributed by atoms with Crippen LogP contribution in [-0.4, -0.2) is 45.0 Å². The van der Waals surface area contributed by atoms with E-state index in [4.69, 9.17) is 15.2 Å². The Morgan fingerprint density at radius 3 is 2.70 bits per heavy atom. The number of nitrogens with zero attached hydrogens (tertiary/aromatic N) is 3. The lowest BCUT2D eigenvalue weighted by molar-refractivity contribution is -0.125. The molecule has 1 aliphatic heterocycles. The molecule has 0 spiro atoms. The van der Waals surface area contributed by atoms with Crippen LogP contribution in [0.15, 0.2) is 61.2 Å². The van der Waals surface area contributed by atoms with Crippen molar-refractivity contribution in [3.8, 4) is 28.5 Å². The van der Waals surface area contributed by atoms with Gasteiger partial charge >= 0.3 is 0 Å². The molecule has 2 heterocycles. The van der Waals surface area contributed by atoms with Gasteiger partial charge in [0.1, 0.15) is 11.4 Å². The van der Waals surface area contributed by atoms with Crippen molar-refractivity contribution in [1.82, 2.24) is 14.7 Å². The highest BCUT2D eigenvalue weighted by Crippen LogP contribution is 2.34. The van der Waals surface area contributed by atoms with Gasteiger partial charge in [-0.15, -0.1) is 0 Å². The van der Waals surface area contributed by atoms with E-state index in [1.807, 2.05) is 28.9 Å². The lowest BCUT2D eigenvalue weighted by atomic mass is 10.0. The number of hydrogen-bond donors (Lipinski definition) is 2. The molecule has 0 aliphatic carbocycles. The topological polar surface area (TPSA) is 91.4 Å². The quantitative estimate of drug-likeness (QED) is 0.380. The van der Waals surface area contributed by atoms with Gasteiger partial charge in [0.25, 0.3) is 0 Å². The molecule has 0 bridgehead atoms. The van der Waals surface area contributed by atoms with Crippen molar-refractivity contribution in [2.24, 2.45) is 0 Å². The summed E-state index contributed by atoms with van der Waals surface area (Å²) in [6.07, 6.45) is 5.28. The molecule has 1 aromatic heterocycles. The molecule has 1 aliphatic rings. The summed E-state index contributed by atoms with van der Waals surface area (Å²) in [5, 5.41) is 22.9. The van der Waals surface area contributed by atoms with Crippen LogP contribution in [0.25, 0.3) is 11.3 Å². The van der Waals surface area contributed by atoms with Crippen LogP contribution in [0.1, 0.15) is 37.1 Å². The fourth-order valence-electron chi connectivity index (χ4n) is 4.26. The Kier molecular flexibility index (Phi) is 6.58. The van der Waals surface area contributed by atoms with Gasteiger partial charge in [-0.05, 0) is 55.3 Å². The number of phenolic OH excluding ortho intramolecular Hbond substituents is 1. The number of para-hydroxylation sites is 2. The molecular formula is C26H28N4O3. The molecule has 0 radical (unpaired) electrons. The Balaban J connectivity index is 1.64. The lowest BCUT2D eigenvalue weighted by Crippen LogP contribution is -2.27. The zero-order valence-electron chi connectivity index (χ0n) is 18.7. The third kappa shape index (κ3) is 4.53. The average molecular weight is 445 g/mol. The summed E-state index contributed by atoms with van der Waals surface area (Å²) in [7, 11) is 0. The molecule has 1 amide bonds. The molecule has 2 aromatic carbocycles. The minimum absolute atomic E-state index is 0.0609. The lowest BCUT2D eigenvalue weighted by Gasteiger charge is -2.16. The van der Waals surface area contributed by atoms with Crippen LogP contribution >= 0.6 is 0 Å². The van der Waals surface area contributed by atoms with Crippen LogP contribution in [-0.2, 0) is 11.2 Å². The fourth-order valence-corrected chi connectivity index (χ4v) is 4.26. The summed E-state index contributed by atoms with van der Waals surface area (Å²) in [5.74, 6) is 1.00. The molecule has 1 saturated heterocycles. The van der Waals surface area contributed by atoms with E-state index in [2.05, 4.69) is 13.5 Å². The Morgan fingerprint density at radius 1 is 1.27 bits per heavy atom. The Hall–Kier alpha value is -3.87. The number of aromatic nitrogens is 2. The average Bonchev–Trinajstić information content (AvgIpc) is 3.46. The number of rotatable bonds is 8. The second-order valence-corrected chi connectivity index (χ2v) is 8.07. The molecule has 3 aromatic rings. The number of ether oxygens (including phenoxy) is 1. The second kappa shape index (κ2) is 9.73. The predicted octanol–water partition coefficient (Wildman–Crippen LogP) is 4.96. The molecule has 0 saturated carbocycles. The zero-order valence-corrected chi connectivity index (χ0v) is 18.7. The van der Waals surface area contributed by atoms with E-state index in [0.29, 0.717) is 24.6 Å². The molecule has 4 rings (SSSR count). The zero-order chi connectivity index (χ0) is 23.4. The minimum atomic E-state index is -0.0609. The predicted molar refractivity (Wildman–Crippen MR) is 128 cm³/mol. The number of benzene rings is 2. The maximum Gasteiger partial charge on any atom is 0.246 e. The molecule has 170 valence electrons. The fraction of sp³-hybridized carbons (Fsp3) is 0.269. The van der Waals surface area contributed by atoms with E-state index in [-0.39, 0.29) is 17.7 Å². The van der Waals surface area contributed by atoms with E-state index >= 15 is 0 Å². The van der Waals surface area contributed by atoms with E-state index in [1.54, 1.807) is 29.2 Å². The number of aromatic hydroxyl groups is 1. The molecule has 1 atom stereocenters. The highest BCUT2D eigenvalue weighted by atomic mass is 16.5. The maximum absolute atomic E-state index is 12.0. The van der Waals surface area contributed by atoms with Crippen LogP contribution in [0.5, 0.6) is 17.2 Å². The molecule has 7 heteroatoms. The third-order valence-electron chi connectivity index (χ3n) is 5.90. The van der Waals surface area contributed by atoms with Crippen molar-refractivity contribution < 1.29 is 14.6 Å². The van der Waals surface area contributed by atoms with Crippen molar-refractivity contribution in [3.05, 3.63) is 72.4 Å². The van der Waals surface area contributed by atoms with Crippen LogP contribution in [0, 0.1) is 5.41 Å². The van der Waals surface area contributed by atoms with Crippen molar-refractivity contribution in [2.45, 2.75) is 32.2 Å². The van der Waals surface area contributed by atoms with E-state index in [9.17, 15) is 9.90 Å². The number of carbonyl (C=O) groups excluding carboxylic acids is 1. The first-order valence-corrected chi connectivity index (χ1v) is 11.1. The van der Waals surface area contributed by atoms with Crippen molar-refractivity contribution >= 4 is 12.1 Å². The summed E-state index contributed by atoms with van der Waals surface area (Å²) in [6.45, 7) is 6.97. The number of amides is 1. The molecule has 7 nitrogen and oxygen atoms in total. The smallest absolute Gasteiger partial charge is 0.246 e. The van der Waals surface area contributed by atoms with Crippen molar-refractivity contribution in [2.75, 3.05) is 13.1 Å². The van der Waals surface area contributed by atoms with Gasteiger partial charge in [-0.1, -0.05) is 32.1 Å². The summed E-state index contributed by atoms with van der Waals surface area (Å²) < 4.78 is 7.80. The summed E-state index contributed by atoms with van der Waals surface area (Å²) in [6, 6.07) is 14.4.